The minimum atomic E-state index is -1.22. The van der Waals surface area contributed by atoms with Gasteiger partial charge in [-0.2, -0.15) is 0 Å². The van der Waals surface area contributed by atoms with E-state index in [4.69, 9.17) is 33.0 Å². The predicted octanol–water partition coefficient (Wildman–Crippen LogP) is 3.49. The molecule has 2 aromatic rings. The molecule has 9 nitrogen and oxygen atoms in total. The molecular weight excluding hydrogens is 425 g/mol. The van der Waals surface area contributed by atoms with Crippen LogP contribution in [-0.2, 0) is 9.53 Å². The van der Waals surface area contributed by atoms with Crippen molar-refractivity contribution in [2.75, 3.05) is 23.8 Å². The molecule has 11 heteroatoms. The molecular formula is C18H17Cl2N3O6. The summed E-state index contributed by atoms with van der Waals surface area (Å²) in [7, 11) is 0. The number of aliphatic hydroxyl groups excluding tert-OH is 1. The number of ether oxygens (including phenoxy) is 1. The van der Waals surface area contributed by atoms with Crippen molar-refractivity contribution in [3.8, 4) is 0 Å². The van der Waals surface area contributed by atoms with Gasteiger partial charge in [-0.15, -0.1) is 0 Å². The van der Waals surface area contributed by atoms with E-state index in [1.807, 2.05) is 0 Å². The van der Waals surface area contributed by atoms with Crippen LogP contribution in [0, 0.1) is 10.1 Å². The second-order valence-corrected chi connectivity index (χ2v) is 6.64. The molecule has 2 aromatic carbocycles. The maximum absolute atomic E-state index is 12.5. The minimum absolute atomic E-state index is 0.114. The number of anilines is 2. The van der Waals surface area contributed by atoms with Crippen molar-refractivity contribution in [1.82, 2.24) is 0 Å². The number of hydrogen-bond acceptors (Lipinski definition) is 7. The van der Waals surface area contributed by atoms with E-state index in [1.165, 1.54) is 37.3 Å². The molecule has 2 rings (SSSR count). The lowest BCUT2D eigenvalue weighted by molar-refractivity contribution is -0.384. The van der Waals surface area contributed by atoms with Crippen LogP contribution in [0.2, 0.25) is 10.0 Å². The zero-order valence-corrected chi connectivity index (χ0v) is 16.7. The summed E-state index contributed by atoms with van der Waals surface area (Å²) in [6.07, 6.45) is -1.22. The van der Waals surface area contributed by atoms with E-state index in [9.17, 15) is 19.7 Å². The monoisotopic (exact) mass is 441 g/mol. The van der Waals surface area contributed by atoms with Crippen molar-refractivity contribution in [2.24, 2.45) is 0 Å². The Kier molecular flexibility index (Phi) is 7.77. The molecule has 0 aliphatic rings. The second-order valence-electron chi connectivity index (χ2n) is 5.80. The van der Waals surface area contributed by atoms with Crippen LogP contribution >= 0.6 is 23.2 Å². The van der Waals surface area contributed by atoms with Crippen LogP contribution in [0.25, 0.3) is 0 Å². The van der Waals surface area contributed by atoms with Gasteiger partial charge in [-0.25, -0.2) is 4.79 Å². The number of benzene rings is 2. The number of nitro groups is 1. The second kappa shape index (κ2) is 10.1. The molecule has 0 aromatic heterocycles. The number of carbonyl (C=O) groups is 2. The molecule has 1 atom stereocenters. The zero-order chi connectivity index (χ0) is 21.6. The van der Waals surface area contributed by atoms with Crippen molar-refractivity contribution in [3.05, 3.63) is 62.1 Å². The highest BCUT2D eigenvalue weighted by Crippen LogP contribution is 2.26. The maximum Gasteiger partial charge on any atom is 0.341 e. The van der Waals surface area contributed by atoms with Crippen molar-refractivity contribution in [2.45, 2.75) is 13.0 Å². The Labute approximate surface area is 175 Å². The summed E-state index contributed by atoms with van der Waals surface area (Å²) < 4.78 is 5.14. The van der Waals surface area contributed by atoms with E-state index in [0.717, 1.165) is 6.07 Å². The molecule has 0 bridgehead atoms. The van der Waals surface area contributed by atoms with Crippen LogP contribution in [0.4, 0.5) is 17.1 Å². The molecule has 0 saturated carbocycles. The summed E-state index contributed by atoms with van der Waals surface area (Å²) in [5.41, 5.74) is 0.0426. The summed E-state index contributed by atoms with van der Waals surface area (Å²) in [4.78, 5) is 35.2. The van der Waals surface area contributed by atoms with E-state index in [-0.39, 0.29) is 40.8 Å². The van der Waals surface area contributed by atoms with E-state index in [0.29, 0.717) is 5.02 Å². The lowest BCUT2D eigenvalue weighted by Crippen LogP contribution is -2.30. The molecule has 0 aliphatic heterocycles. The van der Waals surface area contributed by atoms with Gasteiger partial charge in [0.15, 0.2) is 6.10 Å². The van der Waals surface area contributed by atoms with Gasteiger partial charge in [0.25, 0.3) is 11.6 Å². The fourth-order valence-electron chi connectivity index (χ4n) is 2.26. The van der Waals surface area contributed by atoms with Crippen molar-refractivity contribution < 1.29 is 24.4 Å². The lowest BCUT2D eigenvalue weighted by Gasteiger charge is -2.16. The summed E-state index contributed by atoms with van der Waals surface area (Å²) >= 11 is 11.8. The highest BCUT2D eigenvalue weighted by Gasteiger charge is 2.23. The Hall–Kier alpha value is -2.88. The average molecular weight is 442 g/mol. The summed E-state index contributed by atoms with van der Waals surface area (Å²) in [6, 6.07) is 8.02. The van der Waals surface area contributed by atoms with Crippen LogP contribution in [0.1, 0.15) is 17.3 Å². The van der Waals surface area contributed by atoms with Gasteiger partial charge in [0.05, 0.1) is 27.8 Å². The first-order chi connectivity index (χ1) is 13.7. The predicted molar refractivity (Wildman–Crippen MR) is 109 cm³/mol. The Morgan fingerprint density at radius 3 is 2.52 bits per heavy atom. The number of nitrogens with one attached hydrogen (secondary N) is 2. The first-order valence-corrected chi connectivity index (χ1v) is 9.08. The smallest absolute Gasteiger partial charge is 0.341 e. The molecule has 29 heavy (non-hydrogen) atoms. The van der Waals surface area contributed by atoms with Gasteiger partial charge in [-0.1, -0.05) is 23.2 Å². The molecule has 0 heterocycles. The van der Waals surface area contributed by atoms with E-state index in [1.54, 1.807) is 0 Å². The third kappa shape index (κ3) is 6.05. The molecule has 0 aliphatic carbocycles. The number of nitrogens with zero attached hydrogens (tertiary/aromatic N) is 1. The summed E-state index contributed by atoms with van der Waals surface area (Å²) in [5, 5.41) is 25.8. The number of hydrogen-bond donors (Lipinski definition) is 3. The number of nitro benzene ring substituents is 1. The van der Waals surface area contributed by atoms with Gasteiger partial charge in [0.2, 0.25) is 0 Å². The maximum atomic E-state index is 12.5. The van der Waals surface area contributed by atoms with Crippen LogP contribution in [0.3, 0.4) is 0 Å². The number of esters is 1. The fourth-order valence-corrected chi connectivity index (χ4v) is 2.72. The Balaban J connectivity index is 2.15. The third-order valence-corrected chi connectivity index (χ3v) is 4.25. The number of non-ortho nitro benzene ring substituents is 1. The topological polar surface area (TPSA) is 131 Å². The number of halogens is 2. The number of rotatable bonds is 8. The standard InChI is InChI=1S/C18H17Cl2N3O6/c1-10(17(25)22-16-4-2-11(19)8-14(16)20)29-18(26)13-9-12(23(27)28)3-5-15(13)21-6-7-24/h2-5,8-10,21,24H,6-7H2,1H3,(H,22,25)/t10-/m1/s1. The van der Waals surface area contributed by atoms with Crippen molar-refractivity contribution in [3.63, 3.8) is 0 Å². The first kappa shape index (κ1) is 22.4. The molecule has 1 amide bonds. The minimum Gasteiger partial charge on any atom is -0.449 e. The van der Waals surface area contributed by atoms with Crippen molar-refractivity contribution in [1.29, 1.82) is 0 Å². The highest BCUT2D eigenvalue weighted by molar-refractivity contribution is 6.36. The summed E-state index contributed by atoms with van der Waals surface area (Å²) in [6.45, 7) is 1.24. The van der Waals surface area contributed by atoms with Gasteiger partial charge >= 0.3 is 5.97 Å². The Morgan fingerprint density at radius 1 is 1.21 bits per heavy atom. The Bertz CT molecular complexity index is 938. The summed E-state index contributed by atoms with van der Waals surface area (Å²) in [5.74, 6) is -1.60. The van der Waals surface area contributed by atoms with E-state index in [2.05, 4.69) is 10.6 Å². The molecule has 3 N–H and O–H groups in total. The van der Waals surface area contributed by atoms with Crippen molar-refractivity contribution >= 4 is 52.1 Å². The molecule has 154 valence electrons. The van der Waals surface area contributed by atoms with E-state index >= 15 is 0 Å². The molecule has 0 unspecified atom stereocenters. The zero-order valence-electron chi connectivity index (χ0n) is 15.1. The van der Waals surface area contributed by atoms with Gasteiger partial charge in [0.1, 0.15) is 0 Å². The third-order valence-electron chi connectivity index (χ3n) is 3.70. The average Bonchev–Trinajstić information content (AvgIpc) is 2.68. The van der Waals surface area contributed by atoms with Crippen LogP contribution in [0.5, 0.6) is 0 Å². The quantitative estimate of drug-likeness (QED) is 0.324. The Morgan fingerprint density at radius 2 is 1.90 bits per heavy atom. The number of aliphatic hydroxyl groups is 1. The van der Waals surface area contributed by atoms with Gasteiger partial charge in [0, 0.05) is 29.4 Å². The number of amides is 1. The van der Waals surface area contributed by atoms with Gasteiger partial charge < -0.3 is 20.5 Å². The highest BCUT2D eigenvalue weighted by atomic mass is 35.5. The molecule has 0 saturated heterocycles. The largest absolute Gasteiger partial charge is 0.449 e. The SMILES string of the molecule is C[C@@H](OC(=O)c1cc([N+](=O)[O-])ccc1NCCO)C(=O)Nc1ccc(Cl)cc1Cl. The first-order valence-electron chi connectivity index (χ1n) is 8.33. The molecule has 0 radical (unpaired) electrons. The van der Waals surface area contributed by atoms with Crippen LogP contribution < -0.4 is 10.6 Å². The van der Waals surface area contributed by atoms with Crippen LogP contribution in [0.15, 0.2) is 36.4 Å². The van der Waals surface area contributed by atoms with Gasteiger partial charge in [-0.3, -0.25) is 14.9 Å². The number of carbonyl (C=O) groups excluding carboxylic acids is 2. The molecule has 0 spiro atoms. The van der Waals surface area contributed by atoms with E-state index < -0.39 is 22.9 Å². The van der Waals surface area contributed by atoms with Gasteiger partial charge in [-0.05, 0) is 31.2 Å². The lowest BCUT2D eigenvalue weighted by atomic mass is 10.1. The van der Waals surface area contributed by atoms with Crippen LogP contribution in [-0.4, -0.2) is 41.2 Å². The fraction of sp³-hybridized carbons (Fsp3) is 0.222. The normalized spacial score (nSPS) is 11.4. The molecule has 0 fully saturated rings.